The van der Waals surface area contributed by atoms with Crippen molar-refractivity contribution in [1.82, 2.24) is 0 Å². The molecule has 1 aliphatic rings. The van der Waals surface area contributed by atoms with E-state index >= 15 is 0 Å². The van der Waals surface area contributed by atoms with Crippen molar-refractivity contribution in [1.29, 1.82) is 0 Å². The minimum atomic E-state index is -3.20. The van der Waals surface area contributed by atoms with Crippen molar-refractivity contribution in [2.45, 2.75) is 30.1 Å². The Labute approximate surface area is 119 Å². The molecule has 0 radical (unpaired) electrons. The van der Waals surface area contributed by atoms with Crippen LogP contribution in [0.25, 0.3) is 0 Å². The maximum atomic E-state index is 11.9. The average Bonchev–Trinajstić information content (AvgIpc) is 2.84. The monoisotopic (exact) mass is 299 g/mol. The number of ether oxygens (including phenoxy) is 1. The fourth-order valence-corrected chi connectivity index (χ4v) is 4.65. The van der Waals surface area contributed by atoms with Crippen molar-refractivity contribution in [2.24, 2.45) is 0 Å². The molecule has 20 heavy (non-hydrogen) atoms. The molecule has 2 rings (SSSR count). The van der Waals surface area contributed by atoms with Gasteiger partial charge in [0, 0.05) is 11.9 Å². The number of benzene rings is 1. The number of hydrogen-bond acceptors (Lipinski definition) is 5. The lowest BCUT2D eigenvalue weighted by Crippen LogP contribution is -2.51. The fraction of sp³-hybridized carbons (Fsp3) is 0.571. The summed E-state index contributed by atoms with van der Waals surface area (Å²) in [6.45, 7) is -0.198. The van der Waals surface area contributed by atoms with E-state index in [0.29, 0.717) is 12.8 Å². The third kappa shape index (κ3) is 2.91. The van der Waals surface area contributed by atoms with Gasteiger partial charge in [0.1, 0.15) is 5.75 Å². The number of aliphatic hydroxyl groups excluding tert-OH is 1. The second kappa shape index (κ2) is 5.61. The van der Waals surface area contributed by atoms with Gasteiger partial charge >= 0.3 is 0 Å². The highest BCUT2D eigenvalue weighted by atomic mass is 32.2. The van der Waals surface area contributed by atoms with Gasteiger partial charge in [-0.3, -0.25) is 0 Å². The molecule has 2 N–H and O–H groups in total. The Morgan fingerprint density at radius 3 is 2.55 bits per heavy atom. The molecule has 1 aliphatic carbocycles. The van der Waals surface area contributed by atoms with Gasteiger partial charge in [-0.05, 0) is 43.5 Å². The minimum absolute atomic E-state index is 0.198. The molecule has 1 aromatic rings. The molecule has 5 nitrogen and oxygen atoms in total. The summed E-state index contributed by atoms with van der Waals surface area (Å²) in [5, 5.41) is 12.4. The van der Waals surface area contributed by atoms with Crippen LogP contribution in [0.3, 0.4) is 0 Å². The predicted molar refractivity (Wildman–Crippen MR) is 78.9 cm³/mol. The lowest BCUT2D eigenvalue weighted by atomic mass is 9.98. The molecule has 0 bridgehead atoms. The van der Waals surface area contributed by atoms with Gasteiger partial charge < -0.3 is 15.2 Å². The third-order valence-electron chi connectivity index (χ3n) is 3.99. The smallest absolute Gasteiger partial charge is 0.152 e. The van der Waals surface area contributed by atoms with Gasteiger partial charge in [0.05, 0.1) is 24.5 Å². The summed E-state index contributed by atoms with van der Waals surface area (Å²) in [5.41, 5.74) is -0.00210. The number of rotatable bonds is 5. The second-order valence-corrected chi connectivity index (χ2v) is 7.61. The SMILES string of the molecule is COc1ccc(NC2(CO)CCCC2S(C)(=O)=O)cc1. The molecule has 1 aromatic carbocycles. The van der Waals surface area contributed by atoms with Crippen LogP contribution in [-0.4, -0.2) is 44.3 Å². The number of sulfone groups is 1. The Bertz CT molecular complexity index is 555. The highest BCUT2D eigenvalue weighted by Gasteiger charge is 2.47. The zero-order valence-corrected chi connectivity index (χ0v) is 12.6. The van der Waals surface area contributed by atoms with Crippen molar-refractivity contribution in [2.75, 3.05) is 25.3 Å². The molecule has 0 amide bonds. The van der Waals surface area contributed by atoms with E-state index in [1.807, 2.05) is 12.1 Å². The van der Waals surface area contributed by atoms with Crippen molar-refractivity contribution < 1.29 is 18.3 Å². The summed E-state index contributed by atoms with van der Waals surface area (Å²) in [4.78, 5) is 0. The number of nitrogens with one attached hydrogen (secondary N) is 1. The number of methoxy groups -OCH3 is 1. The van der Waals surface area contributed by atoms with E-state index in [2.05, 4.69) is 5.32 Å². The highest BCUT2D eigenvalue weighted by Crippen LogP contribution is 2.37. The summed E-state index contributed by atoms with van der Waals surface area (Å²) < 4.78 is 28.9. The van der Waals surface area contributed by atoms with Crippen LogP contribution in [0.5, 0.6) is 5.75 Å². The van der Waals surface area contributed by atoms with Gasteiger partial charge in [0.2, 0.25) is 0 Å². The minimum Gasteiger partial charge on any atom is -0.497 e. The molecule has 112 valence electrons. The molecule has 2 unspecified atom stereocenters. The van der Waals surface area contributed by atoms with Crippen LogP contribution < -0.4 is 10.1 Å². The average molecular weight is 299 g/mol. The van der Waals surface area contributed by atoms with Gasteiger partial charge in [-0.15, -0.1) is 0 Å². The topological polar surface area (TPSA) is 75.6 Å². The van der Waals surface area contributed by atoms with E-state index in [0.717, 1.165) is 17.9 Å². The van der Waals surface area contributed by atoms with Crippen LogP contribution in [0.15, 0.2) is 24.3 Å². The molecule has 1 fully saturated rings. The molecule has 0 saturated heterocycles. The zero-order chi connectivity index (χ0) is 14.8. The first-order valence-electron chi connectivity index (χ1n) is 6.63. The van der Waals surface area contributed by atoms with E-state index in [4.69, 9.17) is 4.74 Å². The number of aliphatic hydroxyl groups is 1. The summed E-state index contributed by atoms with van der Waals surface area (Å²) in [7, 11) is -1.61. The Balaban J connectivity index is 2.26. The van der Waals surface area contributed by atoms with Crippen LogP contribution in [-0.2, 0) is 9.84 Å². The third-order valence-corrected chi connectivity index (χ3v) is 5.71. The summed E-state index contributed by atoms with van der Waals surface area (Å²) >= 11 is 0. The Kier molecular flexibility index (Phi) is 4.25. The largest absolute Gasteiger partial charge is 0.497 e. The van der Waals surface area contributed by atoms with Gasteiger partial charge in [-0.2, -0.15) is 0 Å². The zero-order valence-electron chi connectivity index (χ0n) is 11.8. The molecule has 0 aromatic heterocycles. The summed E-state index contributed by atoms with van der Waals surface area (Å²) in [5.74, 6) is 0.736. The quantitative estimate of drug-likeness (QED) is 0.860. The molecule has 0 aliphatic heterocycles. The van der Waals surface area contributed by atoms with Crippen LogP contribution >= 0.6 is 0 Å². The molecular formula is C14H21NO4S. The Morgan fingerprint density at radius 2 is 2.05 bits per heavy atom. The van der Waals surface area contributed by atoms with E-state index in [-0.39, 0.29) is 6.61 Å². The van der Waals surface area contributed by atoms with Crippen molar-refractivity contribution >= 4 is 15.5 Å². The summed E-state index contributed by atoms with van der Waals surface area (Å²) in [6, 6.07) is 7.26. The Hall–Kier alpha value is -1.27. The van der Waals surface area contributed by atoms with Gasteiger partial charge in [-0.25, -0.2) is 8.42 Å². The normalized spacial score (nSPS) is 26.4. The predicted octanol–water partition coefficient (Wildman–Crippen LogP) is 1.44. The number of hydrogen-bond donors (Lipinski definition) is 2. The Morgan fingerprint density at radius 1 is 1.40 bits per heavy atom. The van der Waals surface area contributed by atoms with Crippen molar-refractivity contribution in [3.8, 4) is 5.75 Å². The van der Waals surface area contributed by atoms with Gasteiger partial charge in [0.25, 0.3) is 0 Å². The first kappa shape index (κ1) is 15.1. The van der Waals surface area contributed by atoms with Crippen molar-refractivity contribution in [3.05, 3.63) is 24.3 Å². The molecule has 0 spiro atoms. The number of anilines is 1. The standard InChI is InChI=1S/C14H21NO4S/c1-19-12-7-5-11(6-8-12)15-14(10-16)9-3-4-13(14)20(2,17)18/h5-8,13,15-16H,3-4,9-10H2,1-2H3. The lowest BCUT2D eigenvalue weighted by molar-refractivity contribution is 0.215. The van der Waals surface area contributed by atoms with Crippen LogP contribution in [0.1, 0.15) is 19.3 Å². The van der Waals surface area contributed by atoms with Crippen LogP contribution in [0.4, 0.5) is 5.69 Å². The lowest BCUT2D eigenvalue weighted by Gasteiger charge is -2.34. The van der Waals surface area contributed by atoms with E-state index in [1.54, 1.807) is 19.2 Å². The molecule has 6 heteroatoms. The molecule has 1 saturated carbocycles. The maximum Gasteiger partial charge on any atom is 0.152 e. The fourth-order valence-electron chi connectivity index (χ4n) is 2.99. The molecular weight excluding hydrogens is 278 g/mol. The van der Waals surface area contributed by atoms with Crippen LogP contribution in [0, 0.1) is 0 Å². The first-order valence-corrected chi connectivity index (χ1v) is 8.59. The summed E-state index contributed by atoms with van der Waals surface area (Å²) in [6.07, 6.45) is 3.26. The molecule has 0 heterocycles. The van der Waals surface area contributed by atoms with Gasteiger partial charge in [0.15, 0.2) is 9.84 Å². The van der Waals surface area contributed by atoms with Crippen LogP contribution in [0.2, 0.25) is 0 Å². The highest BCUT2D eigenvalue weighted by molar-refractivity contribution is 7.91. The molecule has 2 atom stereocenters. The van der Waals surface area contributed by atoms with E-state index in [1.165, 1.54) is 6.26 Å². The van der Waals surface area contributed by atoms with E-state index in [9.17, 15) is 13.5 Å². The second-order valence-electron chi connectivity index (χ2n) is 5.38. The van der Waals surface area contributed by atoms with Gasteiger partial charge in [-0.1, -0.05) is 0 Å². The van der Waals surface area contributed by atoms with E-state index < -0.39 is 20.6 Å². The first-order chi connectivity index (χ1) is 9.41. The maximum absolute atomic E-state index is 11.9. The van der Waals surface area contributed by atoms with Crippen molar-refractivity contribution in [3.63, 3.8) is 0 Å².